The highest BCUT2D eigenvalue weighted by Crippen LogP contribution is 2.19. The highest BCUT2D eigenvalue weighted by molar-refractivity contribution is 6.09. The minimum atomic E-state index is 0.451. The van der Waals surface area contributed by atoms with Gasteiger partial charge < -0.3 is 20.5 Å². The highest BCUT2D eigenvalue weighted by Gasteiger charge is 2.24. The van der Waals surface area contributed by atoms with E-state index in [9.17, 15) is 0 Å². The standard InChI is InChI=1S/C14H15N5O2/c1-20-13-7-9(3-5-11(13)18-15)17-10-4-6-12(19-16)14(8-10)21-2/h3,7-8H,4-6H2,1-2H3. The Morgan fingerprint density at radius 1 is 1.00 bits per heavy atom. The summed E-state index contributed by atoms with van der Waals surface area (Å²) in [5.74, 6) is 0.996. The van der Waals surface area contributed by atoms with Crippen LogP contribution in [0, 0.1) is 0 Å². The maximum atomic E-state index is 8.88. The van der Waals surface area contributed by atoms with Crippen LogP contribution in [0.15, 0.2) is 40.4 Å². The number of hydrogen-bond acceptors (Lipinski definition) is 3. The molecule has 2 aliphatic carbocycles. The third kappa shape index (κ3) is 3.23. The molecule has 0 bridgehead atoms. The summed E-state index contributed by atoms with van der Waals surface area (Å²) in [4.78, 5) is 10.9. The molecule has 2 aliphatic rings. The molecule has 21 heavy (non-hydrogen) atoms. The quantitative estimate of drug-likeness (QED) is 0.583. The summed E-state index contributed by atoms with van der Waals surface area (Å²) < 4.78 is 10.3. The van der Waals surface area contributed by atoms with E-state index in [4.69, 9.17) is 20.5 Å². The average Bonchev–Trinajstić information content (AvgIpc) is 2.54. The molecule has 2 rings (SSSR count). The molecule has 0 heterocycles. The first-order chi connectivity index (χ1) is 10.2. The van der Waals surface area contributed by atoms with Crippen molar-refractivity contribution in [3.8, 4) is 0 Å². The molecule has 7 nitrogen and oxygen atoms in total. The predicted molar refractivity (Wildman–Crippen MR) is 76.8 cm³/mol. The lowest BCUT2D eigenvalue weighted by atomic mass is 10.0. The summed E-state index contributed by atoms with van der Waals surface area (Å²) in [5.41, 5.74) is 20.3. The first kappa shape index (κ1) is 14.7. The summed E-state index contributed by atoms with van der Waals surface area (Å²) in [5, 5.41) is 0. The second kappa shape index (κ2) is 6.61. The van der Waals surface area contributed by atoms with E-state index in [0.29, 0.717) is 42.2 Å². The van der Waals surface area contributed by atoms with E-state index in [0.717, 1.165) is 11.4 Å². The first-order valence-electron chi connectivity index (χ1n) is 6.43. The van der Waals surface area contributed by atoms with Crippen molar-refractivity contribution in [2.24, 2.45) is 4.99 Å². The number of allylic oxidation sites excluding steroid dienone is 5. The summed E-state index contributed by atoms with van der Waals surface area (Å²) in [6.07, 6.45) is 6.97. The molecule has 0 aliphatic heterocycles. The second-order valence-electron chi connectivity index (χ2n) is 4.46. The van der Waals surface area contributed by atoms with Crippen molar-refractivity contribution in [3.63, 3.8) is 0 Å². The third-order valence-corrected chi connectivity index (χ3v) is 3.22. The minimum Gasteiger partial charge on any atom is -0.490 e. The van der Waals surface area contributed by atoms with Crippen LogP contribution in [-0.4, -0.2) is 40.9 Å². The molecular weight excluding hydrogens is 270 g/mol. The Balaban J connectivity index is 2.30. The van der Waals surface area contributed by atoms with E-state index in [-0.39, 0.29) is 0 Å². The van der Waals surface area contributed by atoms with Gasteiger partial charge in [-0.15, -0.1) is 0 Å². The van der Waals surface area contributed by atoms with Gasteiger partial charge in [0.25, 0.3) is 0 Å². The van der Waals surface area contributed by atoms with Crippen LogP contribution in [0.3, 0.4) is 0 Å². The molecule has 0 fully saturated rings. The van der Waals surface area contributed by atoms with Gasteiger partial charge in [-0.05, 0) is 6.08 Å². The van der Waals surface area contributed by atoms with Gasteiger partial charge in [-0.3, -0.25) is 4.99 Å². The van der Waals surface area contributed by atoms with Crippen molar-refractivity contribution in [2.75, 3.05) is 14.2 Å². The molecule has 0 spiro atoms. The van der Waals surface area contributed by atoms with E-state index < -0.39 is 0 Å². The van der Waals surface area contributed by atoms with Crippen molar-refractivity contribution in [1.29, 1.82) is 0 Å². The number of aliphatic imine (C=N–C) groups is 1. The zero-order valence-corrected chi connectivity index (χ0v) is 11.9. The van der Waals surface area contributed by atoms with E-state index in [1.54, 1.807) is 12.2 Å². The number of hydrogen-bond donors (Lipinski definition) is 0. The zero-order chi connectivity index (χ0) is 15.2. The Kier molecular flexibility index (Phi) is 4.61. The molecule has 7 heteroatoms. The van der Waals surface area contributed by atoms with Crippen molar-refractivity contribution in [1.82, 2.24) is 0 Å². The summed E-state index contributed by atoms with van der Waals surface area (Å²) in [7, 11) is 3.04. The fraction of sp³-hybridized carbons (Fsp3) is 0.357. The number of nitrogens with zero attached hydrogens (tertiary/aromatic N) is 5. The Morgan fingerprint density at radius 2 is 1.67 bits per heavy atom. The molecule has 0 aromatic carbocycles. The smallest absolute Gasteiger partial charge is 0.337 e. The van der Waals surface area contributed by atoms with E-state index >= 15 is 0 Å². The molecule has 0 saturated heterocycles. The van der Waals surface area contributed by atoms with Crippen molar-refractivity contribution >= 4 is 17.1 Å². The molecule has 0 saturated carbocycles. The Bertz CT molecular complexity index is 671. The van der Waals surface area contributed by atoms with Gasteiger partial charge in [0.15, 0.2) is 0 Å². The van der Waals surface area contributed by atoms with Crippen LogP contribution in [0.1, 0.15) is 19.3 Å². The molecule has 108 valence electrons. The Labute approximate surface area is 122 Å². The second-order valence-corrected chi connectivity index (χ2v) is 4.46. The lowest BCUT2D eigenvalue weighted by Gasteiger charge is -2.11. The van der Waals surface area contributed by atoms with Gasteiger partial charge in [-0.1, -0.05) is 0 Å². The summed E-state index contributed by atoms with van der Waals surface area (Å²) in [6.45, 7) is 0. The molecule has 0 N–H and O–H groups in total. The fourth-order valence-corrected chi connectivity index (χ4v) is 2.13. The van der Waals surface area contributed by atoms with Crippen molar-refractivity contribution in [2.45, 2.75) is 19.3 Å². The lowest BCUT2D eigenvalue weighted by molar-refractivity contribution is -0.0119. The van der Waals surface area contributed by atoms with Gasteiger partial charge >= 0.3 is 11.4 Å². The largest absolute Gasteiger partial charge is 0.490 e. The average molecular weight is 285 g/mol. The van der Waals surface area contributed by atoms with Crippen LogP contribution in [0.25, 0.3) is 11.1 Å². The molecule has 0 atom stereocenters. The van der Waals surface area contributed by atoms with E-state index in [2.05, 4.69) is 14.6 Å². The van der Waals surface area contributed by atoms with E-state index in [1.807, 2.05) is 6.08 Å². The topological polar surface area (TPSA) is 104 Å². The molecule has 0 radical (unpaired) electrons. The van der Waals surface area contributed by atoms with Crippen LogP contribution in [0.4, 0.5) is 0 Å². The van der Waals surface area contributed by atoms with Gasteiger partial charge in [0.05, 0.1) is 32.8 Å². The number of rotatable bonds is 3. The van der Waals surface area contributed by atoms with Gasteiger partial charge in [0.1, 0.15) is 0 Å². The zero-order valence-electron chi connectivity index (χ0n) is 11.9. The maximum absolute atomic E-state index is 8.88. The van der Waals surface area contributed by atoms with Crippen LogP contribution >= 0.6 is 0 Å². The molecule has 0 amide bonds. The minimum absolute atomic E-state index is 0.451. The maximum Gasteiger partial charge on any atom is 0.337 e. The normalized spacial score (nSPS) is 20.1. The molecular formula is C14H15N5O2. The number of methoxy groups -OCH3 is 2. The SMILES string of the molecule is COC1=CC(N=C2C=C(OC)C(=[N+]=[N-])CC2)=CCC1=[N+]=[N-]. The van der Waals surface area contributed by atoms with Gasteiger partial charge in [0.2, 0.25) is 11.5 Å². The molecule has 0 unspecified atom stereocenters. The van der Waals surface area contributed by atoms with Crippen LogP contribution in [0.5, 0.6) is 0 Å². The van der Waals surface area contributed by atoms with Gasteiger partial charge in [0, 0.05) is 24.3 Å². The highest BCUT2D eigenvalue weighted by atomic mass is 16.5. The lowest BCUT2D eigenvalue weighted by Crippen LogP contribution is -2.16. The van der Waals surface area contributed by atoms with Crippen LogP contribution in [0.2, 0.25) is 0 Å². The Morgan fingerprint density at radius 3 is 2.29 bits per heavy atom. The summed E-state index contributed by atoms with van der Waals surface area (Å²) in [6, 6.07) is 0. The fourth-order valence-electron chi connectivity index (χ4n) is 2.13. The predicted octanol–water partition coefficient (Wildman–Crippen LogP) is 1.91. The summed E-state index contributed by atoms with van der Waals surface area (Å²) >= 11 is 0. The van der Waals surface area contributed by atoms with Gasteiger partial charge in [-0.2, -0.15) is 9.58 Å². The van der Waals surface area contributed by atoms with Crippen molar-refractivity contribution in [3.05, 3.63) is 46.5 Å². The van der Waals surface area contributed by atoms with Gasteiger partial charge in [-0.25, -0.2) is 0 Å². The molecule has 0 aromatic rings. The third-order valence-electron chi connectivity index (χ3n) is 3.22. The van der Waals surface area contributed by atoms with Crippen LogP contribution < -0.4 is 0 Å². The first-order valence-corrected chi connectivity index (χ1v) is 6.43. The number of ether oxygens (including phenoxy) is 2. The monoisotopic (exact) mass is 285 g/mol. The van der Waals surface area contributed by atoms with E-state index in [1.165, 1.54) is 14.2 Å². The Hall–Kier alpha value is -2.75. The van der Waals surface area contributed by atoms with Crippen LogP contribution in [-0.2, 0) is 9.47 Å². The van der Waals surface area contributed by atoms with Crippen molar-refractivity contribution < 1.29 is 19.1 Å². The molecule has 0 aromatic heterocycles.